The predicted molar refractivity (Wildman–Crippen MR) is 82.6 cm³/mol. The third kappa shape index (κ3) is 2.03. The molecule has 112 valence electrons. The third-order valence-corrected chi connectivity index (χ3v) is 6.03. The standard InChI is InChI=1S/C17H23N3O/c1-20(15-2-3-19-9-14(15)18)17(21)16-12-5-10-4-11(7-12)8-13(16)6-10/h2-3,9-13,16H,4-8,18H2,1H3. The Kier molecular flexibility index (Phi) is 2.95. The van der Waals surface area contributed by atoms with Crippen LogP contribution in [0.15, 0.2) is 18.5 Å². The molecule has 4 aliphatic rings. The summed E-state index contributed by atoms with van der Waals surface area (Å²) in [5, 5.41) is 0. The molecule has 0 aliphatic heterocycles. The molecule has 1 amide bonds. The molecule has 4 nitrogen and oxygen atoms in total. The first kappa shape index (κ1) is 13.1. The Balaban J connectivity index is 1.59. The summed E-state index contributed by atoms with van der Waals surface area (Å²) in [5.74, 6) is 3.50. The molecule has 2 N–H and O–H groups in total. The van der Waals surface area contributed by atoms with Gasteiger partial charge in [-0.05, 0) is 61.8 Å². The Morgan fingerprint density at radius 2 is 1.81 bits per heavy atom. The monoisotopic (exact) mass is 285 g/mol. The van der Waals surface area contributed by atoms with Crippen molar-refractivity contribution in [2.45, 2.75) is 32.1 Å². The Hall–Kier alpha value is -1.58. The van der Waals surface area contributed by atoms with Gasteiger partial charge in [-0.25, -0.2) is 0 Å². The zero-order valence-corrected chi connectivity index (χ0v) is 12.5. The largest absolute Gasteiger partial charge is 0.396 e. The highest BCUT2D eigenvalue weighted by molar-refractivity contribution is 5.97. The van der Waals surface area contributed by atoms with E-state index in [0.717, 1.165) is 17.5 Å². The number of hydrogen-bond donors (Lipinski definition) is 1. The molecule has 0 aromatic carbocycles. The molecule has 4 aliphatic carbocycles. The van der Waals surface area contributed by atoms with Gasteiger partial charge < -0.3 is 10.6 Å². The minimum absolute atomic E-state index is 0.218. The number of nitrogen functional groups attached to an aromatic ring is 1. The number of carbonyl (C=O) groups is 1. The Bertz CT molecular complexity index is 543. The molecular weight excluding hydrogens is 262 g/mol. The van der Waals surface area contributed by atoms with Crippen molar-refractivity contribution < 1.29 is 4.79 Å². The van der Waals surface area contributed by atoms with Crippen LogP contribution in [0.5, 0.6) is 0 Å². The summed E-state index contributed by atoms with van der Waals surface area (Å²) in [4.78, 5) is 18.8. The van der Waals surface area contributed by atoms with Gasteiger partial charge in [-0.2, -0.15) is 0 Å². The quantitative estimate of drug-likeness (QED) is 0.909. The van der Waals surface area contributed by atoms with E-state index in [1.165, 1.54) is 32.1 Å². The van der Waals surface area contributed by atoms with Crippen LogP contribution < -0.4 is 10.6 Å². The number of rotatable bonds is 2. The fourth-order valence-electron chi connectivity index (χ4n) is 5.38. The van der Waals surface area contributed by atoms with Crippen LogP contribution in [0.4, 0.5) is 11.4 Å². The molecule has 1 aromatic rings. The van der Waals surface area contributed by atoms with Gasteiger partial charge in [0.25, 0.3) is 0 Å². The fraction of sp³-hybridized carbons (Fsp3) is 0.647. The van der Waals surface area contributed by atoms with Crippen molar-refractivity contribution in [3.63, 3.8) is 0 Å². The van der Waals surface area contributed by atoms with Crippen molar-refractivity contribution in [3.05, 3.63) is 18.5 Å². The van der Waals surface area contributed by atoms with E-state index in [1.54, 1.807) is 17.3 Å². The van der Waals surface area contributed by atoms with Gasteiger partial charge in [-0.15, -0.1) is 0 Å². The number of hydrogen-bond acceptors (Lipinski definition) is 3. The second kappa shape index (κ2) is 4.72. The van der Waals surface area contributed by atoms with Gasteiger partial charge in [-0.1, -0.05) is 0 Å². The van der Waals surface area contributed by atoms with Crippen molar-refractivity contribution >= 4 is 17.3 Å². The topological polar surface area (TPSA) is 59.2 Å². The van der Waals surface area contributed by atoms with Crippen LogP contribution in [0.25, 0.3) is 0 Å². The Morgan fingerprint density at radius 3 is 2.38 bits per heavy atom. The minimum Gasteiger partial charge on any atom is -0.396 e. The van der Waals surface area contributed by atoms with Crippen molar-refractivity contribution in [1.29, 1.82) is 0 Å². The Morgan fingerprint density at radius 1 is 1.19 bits per heavy atom. The highest BCUT2D eigenvalue weighted by Gasteiger charge is 2.51. The number of anilines is 2. The van der Waals surface area contributed by atoms with Crippen LogP contribution in [0, 0.1) is 29.6 Å². The van der Waals surface area contributed by atoms with Crippen molar-refractivity contribution in [2.75, 3.05) is 17.7 Å². The molecule has 1 heterocycles. The summed E-state index contributed by atoms with van der Waals surface area (Å²) < 4.78 is 0. The molecular formula is C17H23N3O. The summed E-state index contributed by atoms with van der Waals surface area (Å²) >= 11 is 0. The lowest BCUT2D eigenvalue weighted by molar-refractivity contribution is -0.135. The van der Waals surface area contributed by atoms with Crippen molar-refractivity contribution in [1.82, 2.24) is 4.98 Å². The van der Waals surface area contributed by atoms with Gasteiger partial charge in [-0.3, -0.25) is 9.78 Å². The van der Waals surface area contributed by atoms with E-state index in [9.17, 15) is 4.79 Å². The Labute approximate surface area is 125 Å². The van der Waals surface area contributed by atoms with Crippen LogP contribution in [0.3, 0.4) is 0 Å². The van der Waals surface area contributed by atoms with Gasteiger partial charge in [0, 0.05) is 19.2 Å². The number of aromatic nitrogens is 1. The predicted octanol–water partition coefficient (Wildman–Crippen LogP) is 2.70. The first-order chi connectivity index (χ1) is 10.1. The number of pyridine rings is 1. The van der Waals surface area contributed by atoms with E-state index in [0.29, 0.717) is 17.5 Å². The summed E-state index contributed by atoms with van der Waals surface area (Å²) in [6, 6.07) is 1.84. The lowest BCUT2D eigenvalue weighted by Gasteiger charge is -2.54. The molecule has 0 unspecified atom stereocenters. The maximum absolute atomic E-state index is 13.0. The fourth-order valence-corrected chi connectivity index (χ4v) is 5.38. The molecule has 4 heteroatoms. The average molecular weight is 285 g/mol. The van der Waals surface area contributed by atoms with Gasteiger partial charge >= 0.3 is 0 Å². The molecule has 1 aromatic heterocycles. The van der Waals surface area contributed by atoms with Crippen LogP contribution in [0.2, 0.25) is 0 Å². The van der Waals surface area contributed by atoms with Crippen molar-refractivity contribution in [3.8, 4) is 0 Å². The van der Waals surface area contributed by atoms with Crippen LogP contribution >= 0.6 is 0 Å². The molecule has 4 bridgehead atoms. The molecule has 0 spiro atoms. The zero-order valence-electron chi connectivity index (χ0n) is 12.5. The minimum atomic E-state index is 0.218. The summed E-state index contributed by atoms with van der Waals surface area (Å²) in [6.07, 6.45) is 9.81. The van der Waals surface area contributed by atoms with Crippen LogP contribution in [0.1, 0.15) is 32.1 Å². The van der Waals surface area contributed by atoms with E-state index < -0.39 is 0 Å². The number of nitrogens with two attached hydrogens (primary N) is 1. The molecule has 0 saturated heterocycles. The second-order valence-electron chi connectivity index (χ2n) is 7.29. The summed E-state index contributed by atoms with van der Waals surface area (Å²) in [5.41, 5.74) is 7.35. The van der Waals surface area contributed by atoms with Gasteiger partial charge in [0.15, 0.2) is 0 Å². The highest BCUT2D eigenvalue weighted by atomic mass is 16.2. The first-order valence-corrected chi connectivity index (χ1v) is 8.10. The smallest absolute Gasteiger partial charge is 0.230 e. The normalized spacial score (nSPS) is 36.7. The molecule has 21 heavy (non-hydrogen) atoms. The SMILES string of the molecule is CN(C(=O)C1C2CC3CC(C2)CC1C3)c1ccncc1N. The maximum atomic E-state index is 13.0. The average Bonchev–Trinajstić information content (AvgIpc) is 2.45. The van der Waals surface area contributed by atoms with E-state index in [1.807, 2.05) is 13.1 Å². The maximum Gasteiger partial charge on any atom is 0.230 e. The molecule has 0 atom stereocenters. The van der Waals surface area contributed by atoms with E-state index in [4.69, 9.17) is 5.73 Å². The van der Waals surface area contributed by atoms with Crippen LogP contribution in [-0.4, -0.2) is 17.9 Å². The van der Waals surface area contributed by atoms with E-state index in [2.05, 4.69) is 4.98 Å². The number of carbonyl (C=O) groups excluding carboxylic acids is 1. The summed E-state index contributed by atoms with van der Waals surface area (Å²) in [7, 11) is 1.86. The van der Waals surface area contributed by atoms with E-state index in [-0.39, 0.29) is 11.8 Å². The summed E-state index contributed by atoms with van der Waals surface area (Å²) in [6.45, 7) is 0. The van der Waals surface area contributed by atoms with Crippen molar-refractivity contribution in [2.24, 2.45) is 29.6 Å². The zero-order chi connectivity index (χ0) is 14.6. The lowest BCUT2D eigenvalue weighted by atomic mass is 9.51. The molecule has 4 fully saturated rings. The van der Waals surface area contributed by atoms with Gasteiger partial charge in [0.1, 0.15) is 0 Å². The molecule has 0 radical (unpaired) electrons. The lowest BCUT2D eigenvalue weighted by Crippen LogP contribution is -2.51. The van der Waals surface area contributed by atoms with Gasteiger partial charge in [0.05, 0.1) is 17.6 Å². The van der Waals surface area contributed by atoms with Crippen LogP contribution in [-0.2, 0) is 4.79 Å². The van der Waals surface area contributed by atoms with Gasteiger partial charge in [0.2, 0.25) is 5.91 Å². The van der Waals surface area contributed by atoms with E-state index >= 15 is 0 Å². The first-order valence-electron chi connectivity index (χ1n) is 8.10. The number of amides is 1. The third-order valence-electron chi connectivity index (χ3n) is 6.03. The molecule has 5 rings (SSSR count). The molecule has 4 saturated carbocycles. The number of nitrogens with zero attached hydrogens (tertiary/aromatic N) is 2. The second-order valence-corrected chi connectivity index (χ2v) is 7.29. The highest BCUT2D eigenvalue weighted by Crippen LogP contribution is 2.57.